The molecule has 0 unspecified atom stereocenters. The highest BCUT2D eigenvalue weighted by molar-refractivity contribution is 7.11. The second-order valence-electron chi connectivity index (χ2n) is 4.06. The third-order valence-electron chi connectivity index (χ3n) is 2.37. The number of thiazole rings is 2. The highest BCUT2D eigenvalue weighted by Crippen LogP contribution is 2.13. The van der Waals surface area contributed by atoms with Gasteiger partial charge in [-0.3, -0.25) is 4.79 Å². The SMILES string of the molecule is CCOC(=O)c1nc(COC(=O)Cc2csc(C)n2)cs1. The maximum absolute atomic E-state index is 11.7. The Morgan fingerprint density at radius 2 is 1.90 bits per heavy atom. The summed E-state index contributed by atoms with van der Waals surface area (Å²) >= 11 is 2.66. The van der Waals surface area contributed by atoms with Crippen LogP contribution in [-0.2, 0) is 27.3 Å². The van der Waals surface area contributed by atoms with Crippen molar-refractivity contribution >= 4 is 34.6 Å². The van der Waals surface area contributed by atoms with Crippen molar-refractivity contribution in [1.82, 2.24) is 9.97 Å². The maximum Gasteiger partial charge on any atom is 0.367 e. The van der Waals surface area contributed by atoms with Crippen LogP contribution in [0.2, 0.25) is 0 Å². The van der Waals surface area contributed by atoms with Gasteiger partial charge in [-0.25, -0.2) is 14.8 Å². The summed E-state index contributed by atoms with van der Waals surface area (Å²) in [5, 5.41) is 4.68. The number of aryl methyl sites for hydroxylation is 1. The summed E-state index contributed by atoms with van der Waals surface area (Å²) in [5.41, 5.74) is 1.24. The van der Waals surface area contributed by atoms with E-state index in [2.05, 4.69) is 9.97 Å². The molecule has 0 N–H and O–H groups in total. The van der Waals surface area contributed by atoms with Gasteiger partial charge in [0.25, 0.3) is 0 Å². The minimum absolute atomic E-state index is 0.0395. The Kier molecular flexibility index (Phi) is 5.40. The number of rotatable bonds is 6. The van der Waals surface area contributed by atoms with Crippen LogP contribution in [0, 0.1) is 6.92 Å². The van der Waals surface area contributed by atoms with E-state index in [4.69, 9.17) is 9.47 Å². The predicted molar refractivity (Wildman–Crippen MR) is 78.4 cm³/mol. The van der Waals surface area contributed by atoms with Crippen LogP contribution in [0.15, 0.2) is 10.8 Å². The van der Waals surface area contributed by atoms with E-state index in [1.807, 2.05) is 12.3 Å². The normalized spacial score (nSPS) is 10.4. The van der Waals surface area contributed by atoms with Crippen molar-refractivity contribution < 1.29 is 19.1 Å². The zero-order chi connectivity index (χ0) is 15.2. The van der Waals surface area contributed by atoms with Gasteiger partial charge in [0, 0.05) is 10.8 Å². The van der Waals surface area contributed by atoms with Crippen LogP contribution in [0.25, 0.3) is 0 Å². The maximum atomic E-state index is 11.7. The van der Waals surface area contributed by atoms with Crippen LogP contribution in [0.3, 0.4) is 0 Å². The fourth-order valence-corrected chi connectivity index (χ4v) is 2.81. The number of carbonyl (C=O) groups is 2. The summed E-state index contributed by atoms with van der Waals surface area (Å²) in [6.45, 7) is 3.95. The minimum Gasteiger partial charge on any atom is -0.461 e. The molecule has 0 amide bonds. The van der Waals surface area contributed by atoms with Gasteiger partial charge in [-0.05, 0) is 13.8 Å². The zero-order valence-corrected chi connectivity index (χ0v) is 13.3. The molecular weight excluding hydrogens is 312 g/mol. The number of carbonyl (C=O) groups excluding carboxylic acids is 2. The molecule has 21 heavy (non-hydrogen) atoms. The van der Waals surface area contributed by atoms with E-state index in [9.17, 15) is 9.59 Å². The van der Waals surface area contributed by atoms with Crippen LogP contribution in [0.4, 0.5) is 0 Å². The van der Waals surface area contributed by atoms with Crippen LogP contribution in [-0.4, -0.2) is 28.5 Å². The zero-order valence-electron chi connectivity index (χ0n) is 11.6. The predicted octanol–water partition coefficient (Wildman–Crippen LogP) is 2.37. The lowest BCUT2D eigenvalue weighted by Crippen LogP contribution is -2.09. The Balaban J connectivity index is 1.82. The lowest BCUT2D eigenvalue weighted by atomic mass is 10.3. The first kappa shape index (κ1) is 15.6. The molecule has 0 radical (unpaired) electrons. The van der Waals surface area contributed by atoms with Gasteiger partial charge in [0.15, 0.2) is 0 Å². The quantitative estimate of drug-likeness (QED) is 0.758. The molecule has 0 saturated carbocycles. The molecule has 0 atom stereocenters. The summed E-state index contributed by atoms with van der Waals surface area (Å²) in [5.74, 6) is -0.830. The monoisotopic (exact) mass is 326 g/mol. The van der Waals surface area contributed by atoms with Crippen molar-refractivity contribution in [2.75, 3.05) is 6.61 Å². The number of hydrogen-bond donors (Lipinski definition) is 0. The Labute approximate surface area is 129 Å². The fourth-order valence-electron chi connectivity index (χ4n) is 1.50. The lowest BCUT2D eigenvalue weighted by Gasteiger charge is -2.01. The second-order valence-corrected chi connectivity index (χ2v) is 5.98. The molecule has 0 aliphatic rings. The third-order valence-corrected chi connectivity index (χ3v) is 4.07. The largest absolute Gasteiger partial charge is 0.461 e. The molecule has 8 heteroatoms. The first-order valence-corrected chi connectivity index (χ1v) is 8.02. The lowest BCUT2D eigenvalue weighted by molar-refractivity contribution is -0.144. The van der Waals surface area contributed by atoms with Gasteiger partial charge in [-0.15, -0.1) is 22.7 Å². The number of hydrogen-bond acceptors (Lipinski definition) is 8. The van der Waals surface area contributed by atoms with E-state index in [-0.39, 0.29) is 24.0 Å². The first-order valence-electron chi connectivity index (χ1n) is 6.26. The molecule has 0 saturated heterocycles. The highest BCUT2D eigenvalue weighted by atomic mass is 32.1. The van der Waals surface area contributed by atoms with Crippen molar-refractivity contribution in [2.45, 2.75) is 26.9 Å². The van der Waals surface area contributed by atoms with Gasteiger partial charge in [-0.1, -0.05) is 0 Å². The summed E-state index contributed by atoms with van der Waals surface area (Å²) in [6.07, 6.45) is 0.138. The van der Waals surface area contributed by atoms with Crippen molar-refractivity contribution in [2.24, 2.45) is 0 Å². The molecule has 2 heterocycles. The van der Waals surface area contributed by atoms with Crippen molar-refractivity contribution in [3.05, 3.63) is 32.2 Å². The molecule has 2 rings (SSSR count). The van der Waals surface area contributed by atoms with E-state index in [1.54, 1.807) is 12.3 Å². The molecule has 0 aliphatic carbocycles. The molecule has 0 bridgehead atoms. The third kappa shape index (κ3) is 4.61. The molecule has 2 aromatic rings. The number of nitrogens with zero attached hydrogens (tertiary/aromatic N) is 2. The van der Waals surface area contributed by atoms with Crippen molar-refractivity contribution in [3.63, 3.8) is 0 Å². The van der Waals surface area contributed by atoms with E-state index >= 15 is 0 Å². The Morgan fingerprint density at radius 1 is 1.14 bits per heavy atom. The van der Waals surface area contributed by atoms with E-state index in [1.165, 1.54) is 22.7 Å². The molecule has 0 aliphatic heterocycles. The average molecular weight is 326 g/mol. The Hall–Kier alpha value is -1.80. The van der Waals surface area contributed by atoms with Gasteiger partial charge in [0.1, 0.15) is 6.61 Å². The van der Waals surface area contributed by atoms with Crippen LogP contribution < -0.4 is 0 Å². The van der Waals surface area contributed by atoms with Gasteiger partial charge >= 0.3 is 11.9 Å². The Bertz CT molecular complexity index is 636. The fraction of sp³-hybridized carbons (Fsp3) is 0.385. The van der Waals surface area contributed by atoms with Gasteiger partial charge < -0.3 is 9.47 Å². The van der Waals surface area contributed by atoms with Gasteiger partial charge in [-0.2, -0.15) is 0 Å². The molecule has 2 aromatic heterocycles. The van der Waals surface area contributed by atoms with Gasteiger partial charge in [0.05, 0.1) is 29.4 Å². The summed E-state index contributed by atoms with van der Waals surface area (Å²) < 4.78 is 9.95. The van der Waals surface area contributed by atoms with Crippen LogP contribution in [0.1, 0.15) is 33.1 Å². The van der Waals surface area contributed by atoms with Crippen LogP contribution in [0.5, 0.6) is 0 Å². The average Bonchev–Trinajstić information content (AvgIpc) is 3.06. The standard InChI is InChI=1S/C13H14N2O4S2/c1-3-18-13(17)12-15-10(7-21-12)5-19-11(16)4-9-6-20-8(2)14-9/h6-7H,3-5H2,1-2H3. The summed E-state index contributed by atoms with van der Waals surface area (Å²) in [4.78, 5) is 31.4. The van der Waals surface area contributed by atoms with E-state index in [0.29, 0.717) is 18.0 Å². The molecule has 112 valence electrons. The molecule has 0 aromatic carbocycles. The summed E-state index contributed by atoms with van der Waals surface area (Å²) in [7, 11) is 0. The number of esters is 2. The van der Waals surface area contributed by atoms with Gasteiger partial charge in [0.2, 0.25) is 5.01 Å². The Morgan fingerprint density at radius 3 is 2.57 bits per heavy atom. The number of ether oxygens (including phenoxy) is 2. The van der Waals surface area contributed by atoms with E-state index < -0.39 is 5.97 Å². The first-order chi connectivity index (χ1) is 10.1. The number of aromatic nitrogens is 2. The molecular formula is C13H14N2O4S2. The second kappa shape index (κ2) is 7.28. The van der Waals surface area contributed by atoms with Crippen molar-refractivity contribution in [3.8, 4) is 0 Å². The van der Waals surface area contributed by atoms with Crippen LogP contribution >= 0.6 is 22.7 Å². The van der Waals surface area contributed by atoms with Crippen molar-refractivity contribution in [1.29, 1.82) is 0 Å². The van der Waals surface area contributed by atoms with E-state index in [0.717, 1.165) is 5.01 Å². The molecule has 0 spiro atoms. The smallest absolute Gasteiger partial charge is 0.367 e. The molecule has 6 nitrogen and oxygen atoms in total. The minimum atomic E-state index is -0.460. The summed E-state index contributed by atoms with van der Waals surface area (Å²) in [6, 6.07) is 0. The topological polar surface area (TPSA) is 78.4 Å². The highest BCUT2D eigenvalue weighted by Gasteiger charge is 2.13. The molecule has 0 fully saturated rings.